The maximum absolute atomic E-state index is 12.6. The SMILES string of the molecule is Cc1ccc(CNC(=O)[C@H]2CC(=O)N(c3ccc(OCC(=O)Nc4ccc(C)cc4Br)cc3)C2)cc1. The standard InChI is InChI=1S/C28H28BrN3O4/c1-18-3-6-20(7-4-18)15-30-28(35)21-14-27(34)32(16-21)22-8-10-23(11-9-22)36-17-26(33)31-25-12-5-19(2)13-24(25)29/h3-13,21H,14-17H2,1-2H3,(H,30,35)(H,31,33)/t21-/m0/s1. The van der Waals surface area contributed by atoms with Crippen LogP contribution in [-0.2, 0) is 20.9 Å². The number of halogens is 1. The van der Waals surface area contributed by atoms with Gasteiger partial charge in [-0.1, -0.05) is 35.9 Å². The number of ether oxygens (including phenoxy) is 1. The lowest BCUT2D eigenvalue weighted by Gasteiger charge is -2.17. The van der Waals surface area contributed by atoms with E-state index in [0.29, 0.717) is 30.2 Å². The van der Waals surface area contributed by atoms with Gasteiger partial charge in [-0.15, -0.1) is 0 Å². The van der Waals surface area contributed by atoms with Gasteiger partial charge in [0.05, 0.1) is 11.6 Å². The van der Waals surface area contributed by atoms with E-state index >= 15 is 0 Å². The lowest BCUT2D eigenvalue weighted by atomic mass is 10.1. The Morgan fingerprint density at radius 3 is 2.39 bits per heavy atom. The zero-order chi connectivity index (χ0) is 25.7. The molecule has 36 heavy (non-hydrogen) atoms. The number of carbonyl (C=O) groups excluding carboxylic acids is 3. The number of anilines is 2. The molecule has 7 nitrogen and oxygen atoms in total. The zero-order valence-electron chi connectivity index (χ0n) is 20.2. The van der Waals surface area contributed by atoms with Gasteiger partial charge >= 0.3 is 0 Å². The maximum Gasteiger partial charge on any atom is 0.262 e. The van der Waals surface area contributed by atoms with Crippen LogP contribution in [0.25, 0.3) is 0 Å². The molecule has 2 N–H and O–H groups in total. The summed E-state index contributed by atoms with van der Waals surface area (Å²) in [6.07, 6.45) is 0.173. The molecule has 1 aliphatic heterocycles. The molecule has 3 aromatic rings. The molecule has 0 aliphatic carbocycles. The van der Waals surface area contributed by atoms with E-state index in [1.807, 2.05) is 56.3 Å². The highest BCUT2D eigenvalue weighted by atomic mass is 79.9. The van der Waals surface area contributed by atoms with E-state index in [4.69, 9.17) is 4.74 Å². The van der Waals surface area contributed by atoms with Crippen molar-refractivity contribution < 1.29 is 19.1 Å². The Morgan fingerprint density at radius 1 is 1.00 bits per heavy atom. The highest BCUT2D eigenvalue weighted by Gasteiger charge is 2.35. The van der Waals surface area contributed by atoms with Gasteiger partial charge in [0.25, 0.3) is 5.91 Å². The van der Waals surface area contributed by atoms with Crippen LogP contribution in [0.2, 0.25) is 0 Å². The summed E-state index contributed by atoms with van der Waals surface area (Å²) in [7, 11) is 0. The number of hydrogen-bond acceptors (Lipinski definition) is 4. The van der Waals surface area contributed by atoms with E-state index in [1.54, 1.807) is 29.2 Å². The van der Waals surface area contributed by atoms with E-state index in [0.717, 1.165) is 21.2 Å². The molecule has 0 bridgehead atoms. The largest absolute Gasteiger partial charge is 0.484 e. The van der Waals surface area contributed by atoms with Crippen molar-refractivity contribution in [1.29, 1.82) is 0 Å². The first-order valence-electron chi connectivity index (χ1n) is 11.7. The molecule has 1 fully saturated rings. The third kappa shape index (κ3) is 6.51. The van der Waals surface area contributed by atoms with Crippen LogP contribution in [-0.4, -0.2) is 30.9 Å². The Balaban J connectivity index is 1.27. The van der Waals surface area contributed by atoms with Crippen LogP contribution < -0.4 is 20.3 Å². The highest BCUT2D eigenvalue weighted by Crippen LogP contribution is 2.27. The first-order valence-corrected chi connectivity index (χ1v) is 12.5. The van der Waals surface area contributed by atoms with Gasteiger partial charge in [0.15, 0.2) is 6.61 Å². The van der Waals surface area contributed by atoms with Crippen molar-refractivity contribution in [3.63, 3.8) is 0 Å². The lowest BCUT2D eigenvalue weighted by molar-refractivity contribution is -0.126. The molecule has 0 aromatic heterocycles. The average molecular weight is 550 g/mol. The van der Waals surface area contributed by atoms with Gasteiger partial charge in [-0.25, -0.2) is 0 Å². The van der Waals surface area contributed by atoms with Crippen molar-refractivity contribution in [1.82, 2.24) is 5.32 Å². The molecule has 1 heterocycles. The van der Waals surface area contributed by atoms with Crippen LogP contribution in [0.4, 0.5) is 11.4 Å². The highest BCUT2D eigenvalue weighted by molar-refractivity contribution is 9.10. The quantitative estimate of drug-likeness (QED) is 0.424. The van der Waals surface area contributed by atoms with E-state index in [9.17, 15) is 14.4 Å². The molecule has 0 spiro atoms. The minimum absolute atomic E-state index is 0.0952. The predicted octanol–water partition coefficient (Wildman–Crippen LogP) is 4.75. The van der Waals surface area contributed by atoms with E-state index in [1.165, 1.54) is 0 Å². The number of hydrogen-bond donors (Lipinski definition) is 2. The summed E-state index contributed by atoms with van der Waals surface area (Å²) in [5, 5.41) is 5.74. The fourth-order valence-electron chi connectivity index (χ4n) is 3.95. The van der Waals surface area contributed by atoms with Gasteiger partial charge in [-0.3, -0.25) is 14.4 Å². The second-order valence-corrected chi connectivity index (χ2v) is 9.78. The molecule has 0 saturated carbocycles. The Morgan fingerprint density at radius 2 is 1.69 bits per heavy atom. The van der Waals surface area contributed by atoms with Crippen LogP contribution in [0.1, 0.15) is 23.1 Å². The Kier molecular flexibility index (Phi) is 8.05. The van der Waals surface area contributed by atoms with Gasteiger partial charge in [0.2, 0.25) is 11.8 Å². The van der Waals surface area contributed by atoms with Crippen molar-refractivity contribution in [2.45, 2.75) is 26.8 Å². The molecule has 3 aromatic carbocycles. The van der Waals surface area contributed by atoms with Crippen LogP contribution in [0.5, 0.6) is 5.75 Å². The first kappa shape index (κ1) is 25.4. The number of benzene rings is 3. The van der Waals surface area contributed by atoms with E-state index < -0.39 is 5.92 Å². The molecule has 8 heteroatoms. The third-order valence-electron chi connectivity index (χ3n) is 6.00. The van der Waals surface area contributed by atoms with Crippen LogP contribution >= 0.6 is 15.9 Å². The summed E-state index contributed by atoms with van der Waals surface area (Å²) in [6, 6.07) is 20.6. The van der Waals surface area contributed by atoms with Crippen LogP contribution in [0, 0.1) is 19.8 Å². The third-order valence-corrected chi connectivity index (χ3v) is 6.66. The zero-order valence-corrected chi connectivity index (χ0v) is 21.8. The van der Waals surface area contributed by atoms with E-state index in [2.05, 4.69) is 26.6 Å². The van der Waals surface area contributed by atoms with Crippen LogP contribution in [0.3, 0.4) is 0 Å². The lowest BCUT2D eigenvalue weighted by Crippen LogP contribution is -2.32. The molecule has 4 rings (SSSR count). The molecular formula is C28H28BrN3O4. The number of nitrogens with zero attached hydrogens (tertiary/aromatic N) is 1. The van der Waals surface area contributed by atoms with Gasteiger partial charge in [0, 0.05) is 29.7 Å². The second kappa shape index (κ2) is 11.4. The molecule has 186 valence electrons. The van der Waals surface area contributed by atoms with Gasteiger partial charge in [-0.05, 0) is 77.3 Å². The minimum Gasteiger partial charge on any atom is -0.484 e. The molecule has 3 amide bonds. The number of carbonyl (C=O) groups is 3. The number of rotatable bonds is 8. The second-order valence-electron chi connectivity index (χ2n) is 8.92. The normalized spacial score (nSPS) is 15.0. The van der Waals surface area contributed by atoms with Crippen molar-refractivity contribution in [3.8, 4) is 5.75 Å². The molecule has 1 atom stereocenters. The Hall–Kier alpha value is -3.65. The van der Waals surface area contributed by atoms with Crippen molar-refractivity contribution >= 4 is 45.0 Å². The average Bonchev–Trinajstić information content (AvgIpc) is 3.26. The minimum atomic E-state index is -0.399. The molecule has 0 radical (unpaired) electrons. The summed E-state index contributed by atoms with van der Waals surface area (Å²) in [6.45, 7) is 4.60. The fraction of sp³-hybridized carbons (Fsp3) is 0.250. The van der Waals surface area contributed by atoms with Crippen molar-refractivity contribution in [3.05, 3.63) is 87.9 Å². The number of nitrogens with one attached hydrogen (secondary N) is 2. The summed E-state index contributed by atoms with van der Waals surface area (Å²) < 4.78 is 6.40. The topological polar surface area (TPSA) is 87.7 Å². The molecule has 1 saturated heterocycles. The molecule has 1 aliphatic rings. The Labute approximate surface area is 219 Å². The van der Waals surface area contributed by atoms with Crippen LogP contribution in [0.15, 0.2) is 71.2 Å². The summed E-state index contributed by atoms with van der Waals surface area (Å²) in [5.41, 5.74) is 4.63. The maximum atomic E-state index is 12.6. The van der Waals surface area contributed by atoms with Gasteiger partial charge in [-0.2, -0.15) is 0 Å². The summed E-state index contributed by atoms with van der Waals surface area (Å²) >= 11 is 3.44. The predicted molar refractivity (Wildman–Crippen MR) is 143 cm³/mol. The smallest absolute Gasteiger partial charge is 0.262 e. The van der Waals surface area contributed by atoms with Crippen molar-refractivity contribution in [2.75, 3.05) is 23.4 Å². The fourth-order valence-corrected chi connectivity index (χ4v) is 4.54. The first-order chi connectivity index (χ1) is 17.3. The molecular weight excluding hydrogens is 522 g/mol. The number of aryl methyl sites for hydroxylation is 2. The van der Waals surface area contributed by atoms with E-state index in [-0.39, 0.29) is 30.7 Å². The monoisotopic (exact) mass is 549 g/mol. The molecule has 0 unspecified atom stereocenters. The van der Waals surface area contributed by atoms with Gasteiger partial charge in [0.1, 0.15) is 5.75 Å². The summed E-state index contributed by atoms with van der Waals surface area (Å²) in [5.74, 6) is -0.391. The number of amides is 3. The Bertz CT molecular complexity index is 1260. The summed E-state index contributed by atoms with van der Waals surface area (Å²) in [4.78, 5) is 39.1. The van der Waals surface area contributed by atoms with Gasteiger partial charge < -0.3 is 20.3 Å². The van der Waals surface area contributed by atoms with Crippen molar-refractivity contribution in [2.24, 2.45) is 5.92 Å².